The van der Waals surface area contributed by atoms with E-state index in [-0.39, 0.29) is 5.91 Å². The summed E-state index contributed by atoms with van der Waals surface area (Å²) in [4.78, 5) is 15.0. The lowest BCUT2D eigenvalue weighted by Crippen LogP contribution is -2.51. The third kappa shape index (κ3) is 2.93. The fourth-order valence-corrected chi connectivity index (χ4v) is 4.02. The first-order chi connectivity index (χ1) is 11.3. The van der Waals surface area contributed by atoms with Crippen LogP contribution in [-0.4, -0.2) is 56.5 Å². The molecule has 1 amide bonds. The van der Waals surface area contributed by atoms with Crippen LogP contribution in [0.15, 0.2) is 18.3 Å². The van der Waals surface area contributed by atoms with Gasteiger partial charge in [-0.3, -0.25) is 4.79 Å². The van der Waals surface area contributed by atoms with Crippen molar-refractivity contribution >= 4 is 11.6 Å². The monoisotopic (exact) mass is 314 g/mol. The second-order valence-corrected chi connectivity index (χ2v) is 6.61. The minimum atomic E-state index is -0.0460. The third-order valence-electron chi connectivity index (χ3n) is 5.21. The number of pyridine rings is 1. The predicted molar refractivity (Wildman–Crippen MR) is 85.1 cm³/mol. The zero-order valence-electron chi connectivity index (χ0n) is 13.2. The van der Waals surface area contributed by atoms with Gasteiger partial charge in [-0.05, 0) is 67.3 Å². The zero-order valence-corrected chi connectivity index (χ0v) is 13.2. The molecule has 0 aromatic carbocycles. The summed E-state index contributed by atoms with van der Waals surface area (Å²) in [5.74, 6) is 0.528. The second-order valence-electron chi connectivity index (χ2n) is 6.61. The van der Waals surface area contributed by atoms with Crippen LogP contribution in [0.1, 0.15) is 42.5 Å². The van der Waals surface area contributed by atoms with Crippen molar-refractivity contribution in [1.82, 2.24) is 30.3 Å². The molecule has 0 bridgehead atoms. The molecule has 2 saturated heterocycles. The van der Waals surface area contributed by atoms with Crippen molar-refractivity contribution in [2.24, 2.45) is 5.92 Å². The molecule has 4 heterocycles. The van der Waals surface area contributed by atoms with Crippen molar-refractivity contribution in [3.05, 3.63) is 23.9 Å². The van der Waals surface area contributed by atoms with Crippen LogP contribution in [0.4, 0.5) is 0 Å². The Kier molecular flexibility index (Phi) is 3.95. The average Bonchev–Trinajstić information content (AvgIpc) is 3.07. The lowest BCUT2D eigenvalue weighted by molar-refractivity contribution is 0.0575. The van der Waals surface area contributed by atoms with Crippen LogP contribution in [0.2, 0.25) is 0 Å². The number of carbonyl (C=O) groups excluding carboxylic acids is 1. The van der Waals surface area contributed by atoms with E-state index in [1.165, 1.54) is 49.7 Å². The summed E-state index contributed by atoms with van der Waals surface area (Å²) in [6, 6.07) is 4.19. The Morgan fingerprint density at radius 2 is 2.13 bits per heavy atom. The van der Waals surface area contributed by atoms with Gasteiger partial charge in [-0.2, -0.15) is 4.52 Å². The van der Waals surface area contributed by atoms with Gasteiger partial charge in [0, 0.05) is 18.8 Å². The first kappa shape index (κ1) is 14.6. The summed E-state index contributed by atoms with van der Waals surface area (Å²) in [6.45, 7) is 3.21. The zero-order chi connectivity index (χ0) is 15.6. The standard InChI is InChI=1S/C16H22N6O/c23-16(13-6-7-15-18-19-20-22(15)11-13)17-10-12-4-3-9-21-8-2-1-5-14(12)21/h6-7,11-12,14H,1-5,8-10H2,(H,17,23)/t12-,14+/m0/s1. The Morgan fingerprint density at radius 1 is 1.22 bits per heavy atom. The molecule has 2 fully saturated rings. The van der Waals surface area contributed by atoms with Gasteiger partial charge in [0.25, 0.3) is 5.91 Å². The number of hydrogen-bond donors (Lipinski definition) is 1. The molecule has 4 rings (SSSR count). The Hall–Kier alpha value is -2.02. The van der Waals surface area contributed by atoms with Gasteiger partial charge < -0.3 is 10.2 Å². The number of amides is 1. The highest BCUT2D eigenvalue weighted by molar-refractivity contribution is 5.94. The maximum absolute atomic E-state index is 12.4. The smallest absolute Gasteiger partial charge is 0.252 e. The normalized spacial score (nSPS) is 25.2. The lowest BCUT2D eigenvalue weighted by atomic mass is 9.83. The van der Waals surface area contributed by atoms with Crippen LogP contribution in [-0.2, 0) is 0 Å². The van der Waals surface area contributed by atoms with Crippen LogP contribution in [0.25, 0.3) is 5.65 Å². The number of hydrogen-bond acceptors (Lipinski definition) is 5. The summed E-state index contributed by atoms with van der Waals surface area (Å²) in [7, 11) is 0. The Labute approximate surface area is 135 Å². The molecule has 1 N–H and O–H groups in total. The summed E-state index contributed by atoms with van der Waals surface area (Å²) in [5.41, 5.74) is 1.24. The Morgan fingerprint density at radius 3 is 3.09 bits per heavy atom. The first-order valence-corrected chi connectivity index (χ1v) is 8.51. The van der Waals surface area contributed by atoms with Gasteiger partial charge in [-0.1, -0.05) is 6.42 Å². The molecule has 2 aliphatic heterocycles. The quantitative estimate of drug-likeness (QED) is 0.919. The van der Waals surface area contributed by atoms with Crippen LogP contribution in [0, 0.1) is 5.92 Å². The Balaban J connectivity index is 1.40. The molecule has 7 heteroatoms. The number of carbonyl (C=O) groups is 1. The van der Waals surface area contributed by atoms with Crippen molar-refractivity contribution < 1.29 is 4.79 Å². The number of piperidine rings is 2. The molecule has 0 spiro atoms. The van der Waals surface area contributed by atoms with E-state index in [0.717, 1.165) is 6.54 Å². The van der Waals surface area contributed by atoms with Crippen LogP contribution < -0.4 is 5.32 Å². The van der Waals surface area contributed by atoms with Crippen molar-refractivity contribution in [3.8, 4) is 0 Å². The molecular formula is C16H22N6O. The first-order valence-electron chi connectivity index (χ1n) is 8.51. The highest BCUT2D eigenvalue weighted by Crippen LogP contribution is 2.30. The average molecular weight is 314 g/mol. The van der Waals surface area contributed by atoms with E-state index in [9.17, 15) is 4.79 Å². The van der Waals surface area contributed by atoms with E-state index in [1.807, 2.05) is 0 Å². The van der Waals surface area contributed by atoms with Crippen molar-refractivity contribution in [1.29, 1.82) is 0 Å². The van der Waals surface area contributed by atoms with Gasteiger partial charge in [-0.25, -0.2) is 0 Å². The fraction of sp³-hybridized carbons (Fsp3) is 0.625. The molecular weight excluding hydrogens is 292 g/mol. The fourth-order valence-electron chi connectivity index (χ4n) is 4.02. The van der Waals surface area contributed by atoms with Crippen LogP contribution >= 0.6 is 0 Å². The molecule has 2 aromatic heterocycles. The molecule has 7 nitrogen and oxygen atoms in total. The molecule has 2 aromatic rings. The largest absolute Gasteiger partial charge is 0.352 e. The van der Waals surface area contributed by atoms with Gasteiger partial charge in [0.15, 0.2) is 5.65 Å². The van der Waals surface area contributed by atoms with Crippen LogP contribution in [0.5, 0.6) is 0 Å². The van der Waals surface area contributed by atoms with Crippen molar-refractivity contribution in [2.75, 3.05) is 19.6 Å². The SMILES string of the molecule is O=C(NC[C@@H]1CCCN2CCCC[C@H]12)c1ccc2nnnn2c1. The minimum absolute atomic E-state index is 0.0460. The van der Waals surface area contributed by atoms with Gasteiger partial charge in [0.1, 0.15) is 0 Å². The van der Waals surface area contributed by atoms with Gasteiger partial charge >= 0.3 is 0 Å². The lowest BCUT2D eigenvalue weighted by Gasteiger charge is -2.44. The van der Waals surface area contributed by atoms with E-state index in [2.05, 4.69) is 25.7 Å². The van der Waals surface area contributed by atoms with E-state index in [4.69, 9.17) is 0 Å². The number of tetrazole rings is 1. The molecule has 0 radical (unpaired) electrons. The topological polar surface area (TPSA) is 75.4 Å². The minimum Gasteiger partial charge on any atom is -0.352 e. The maximum Gasteiger partial charge on any atom is 0.252 e. The summed E-state index contributed by atoms with van der Waals surface area (Å²) >= 11 is 0. The van der Waals surface area contributed by atoms with E-state index in [1.54, 1.807) is 18.3 Å². The molecule has 0 unspecified atom stereocenters. The van der Waals surface area contributed by atoms with E-state index in [0.29, 0.717) is 23.2 Å². The number of nitrogens with one attached hydrogen (secondary N) is 1. The number of rotatable bonds is 3. The third-order valence-corrected chi connectivity index (χ3v) is 5.21. The van der Waals surface area contributed by atoms with E-state index >= 15 is 0 Å². The number of aromatic nitrogens is 4. The Bertz CT molecular complexity index is 697. The molecule has 0 aliphatic carbocycles. The molecule has 2 aliphatic rings. The highest BCUT2D eigenvalue weighted by atomic mass is 16.1. The number of fused-ring (bicyclic) bond motifs is 2. The summed E-state index contributed by atoms with van der Waals surface area (Å²) in [5, 5.41) is 14.4. The molecule has 122 valence electrons. The summed E-state index contributed by atoms with van der Waals surface area (Å²) < 4.78 is 1.53. The van der Waals surface area contributed by atoms with Gasteiger partial charge in [0.2, 0.25) is 0 Å². The van der Waals surface area contributed by atoms with Gasteiger partial charge in [-0.15, -0.1) is 5.10 Å². The second kappa shape index (κ2) is 6.23. The van der Waals surface area contributed by atoms with E-state index < -0.39 is 0 Å². The molecule has 2 atom stereocenters. The summed E-state index contributed by atoms with van der Waals surface area (Å²) in [6.07, 6.45) is 8.06. The van der Waals surface area contributed by atoms with Crippen molar-refractivity contribution in [3.63, 3.8) is 0 Å². The molecule has 0 saturated carbocycles. The van der Waals surface area contributed by atoms with Gasteiger partial charge in [0.05, 0.1) is 5.56 Å². The molecule has 23 heavy (non-hydrogen) atoms. The van der Waals surface area contributed by atoms with Crippen molar-refractivity contribution in [2.45, 2.75) is 38.1 Å². The maximum atomic E-state index is 12.4. The van der Waals surface area contributed by atoms with Crippen LogP contribution in [0.3, 0.4) is 0 Å². The predicted octanol–water partition coefficient (Wildman–Crippen LogP) is 1.12. The highest BCUT2D eigenvalue weighted by Gasteiger charge is 2.32. The number of nitrogens with zero attached hydrogens (tertiary/aromatic N) is 5.